The molecule has 0 saturated heterocycles. The number of benzene rings is 3. The predicted molar refractivity (Wildman–Crippen MR) is 117 cm³/mol. The van der Waals surface area contributed by atoms with Gasteiger partial charge in [0.15, 0.2) is 0 Å². The van der Waals surface area contributed by atoms with Crippen LogP contribution in [0.1, 0.15) is 17.5 Å². The lowest BCUT2D eigenvalue weighted by molar-refractivity contribution is -0.137. The van der Waals surface area contributed by atoms with Gasteiger partial charge in [-0.15, -0.1) is 0 Å². The molecule has 30 heavy (non-hydrogen) atoms. The molecule has 0 atom stereocenters. The number of fused-ring (bicyclic) bond motifs is 2. The molecule has 156 valence electrons. The van der Waals surface area contributed by atoms with Crippen LogP contribution in [0.5, 0.6) is 0 Å². The fraction of sp³-hybridized carbons (Fsp3) is 0.250. The van der Waals surface area contributed by atoms with Crippen molar-refractivity contribution in [3.05, 3.63) is 83.9 Å². The van der Waals surface area contributed by atoms with E-state index >= 15 is 0 Å². The van der Waals surface area contributed by atoms with Gasteiger partial charge in [0.1, 0.15) is 0 Å². The number of halogens is 3. The van der Waals surface area contributed by atoms with Crippen molar-refractivity contribution in [1.29, 1.82) is 0 Å². The highest BCUT2D eigenvalue weighted by Crippen LogP contribution is 2.49. The first-order valence-corrected chi connectivity index (χ1v) is 10.8. The van der Waals surface area contributed by atoms with Crippen LogP contribution in [0.25, 0.3) is 0 Å². The van der Waals surface area contributed by atoms with Gasteiger partial charge < -0.3 is 10.2 Å². The number of rotatable bonds is 7. The summed E-state index contributed by atoms with van der Waals surface area (Å²) in [5.41, 5.74) is 2.30. The normalized spacial score (nSPS) is 13.1. The van der Waals surface area contributed by atoms with Crippen LogP contribution in [-0.2, 0) is 12.6 Å². The standard InChI is InChI=1S/C24H23F3N2S/c25-24(26,27)19-11-12-23-21(17-19)29(20-9-4-5-10-22(20)30-23)16-6-14-28-15-13-18-7-2-1-3-8-18/h1-5,7-12,17,28H,6,13-16H2. The van der Waals surface area contributed by atoms with Crippen LogP contribution < -0.4 is 10.2 Å². The van der Waals surface area contributed by atoms with Crippen LogP contribution >= 0.6 is 11.8 Å². The van der Waals surface area contributed by atoms with E-state index in [2.05, 4.69) is 17.4 Å². The zero-order valence-electron chi connectivity index (χ0n) is 16.5. The van der Waals surface area contributed by atoms with Gasteiger partial charge >= 0.3 is 6.18 Å². The van der Waals surface area contributed by atoms with Crippen molar-refractivity contribution in [3.63, 3.8) is 0 Å². The molecule has 0 bridgehead atoms. The lowest BCUT2D eigenvalue weighted by atomic mass is 10.1. The van der Waals surface area contributed by atoms with Gasteiger partial charge in [-0.1, -0.05) is 54.2 Å². The summed E-state index contributed by atoms with van der Waals surface area (Å²) in [5, 5.41) is 3.45. The molecule has 1 heterocycles. The lowest BCUT2D eigenvalue weighted by Gasteiger charge is -2.33. The van der Waals surface area contributed by atoms with Crippen LogP contribution in [0.3, 0.4) is 0 Å². The van der Waals surface area contributed by atoms with Gasteiger partial charge in [-0.05, 0) is 61.8 Å². The van der Waals surface area contributed by atoms with Gasteiger partial charge in [0.25, 0.3) is 0 Å². The molecule has 3 aromatic carbocycles. The highest BCUT2D eigenvalue weighted by Gasteiger charge is 2.33. The maximum absolute atomic E-state index is 13.3. The van der Waals surface area contributed by atoms with Crippen molar-refractivity contribution in [2.24, 2.45) is 0 Å². The first-order valence-electron chi connectivity index (χ1n) is 10.0. The maximum Gasteiger partial charge on any atom is 0.416 e. The fourth-order valence-corrected chi connectivity index (χ4v) is 4.69. The predicted octanol–water partition coefficient (Wildman–Crippen LogP) is 6.53. The quantitative estimate of drug-likeness (QED) is 0.431. The minimum absolute atomic E-state index is 0.604. The average Bonchev–Trinajstić information content (AvgIpc) is 2.75. The number of hydrogen-bond acceptors (Lipinski definition) is 3. The van der Waals surface area contributed by atoms with E-state index in [9.17, 15) is 13.2 Å². The molecule has 0 radical (unpaired) electrons. The zero-order valence-corrected chi connectivity index (χ0v) is 17.3. The van der Waals surface area contributed by atoms with E-state index in [0.29, 0.717) is 12.2 Å². The molecular formula is C24H23F3N2S. The molecule has 1 aliphatic heterocycles. The lowest BCUT2D eigenvalue weighted by Crippen LogP contribution is -2.27. The van der Waals surface area contributed by atoms with Crippen molar-refractivity contribution in [3.8, 4) is 0 Å². The van der Waals surface area contributed by atoms with E-state index in [4.69, 9.17) is 0 Å². The number of nitrogens with zero attached hydrogens (tertiary/aromatic N) is 1. The highest BCUT2D eigenvalue weighted by atomic mass is 32.2. The van der Waals surface area contributed by atoms with Crippen molar-refractivity contribution >= 4 is 23.1 Å². The molecule has 0 saturated carbocycles. The largest absolute Gasteiger partial charge is 0.416 e. The molecule has 0 unspecified atom stereocenters. The summed E-state index contributed by atoms with van der Waals surface area (Å²) in [4.78, 5) is 3.95. The Morgan fingerprint density at radius 3 is 2.33 bits per heavy atom. The van der Waals surface area contributed by atoms with Gasteiger partial charge in [0, 0.05) is 16.3 Å². The summed E-state index contributed by atoms with van der Waals surface area (Å²) in [6, 6.07) is 22.2. The highest BCUT2D eigenvalue weighted by molar-refractivity contribution is 7.99. The molecule has 2 nitrogen and oxygen atoms in total. The van der Waals surface area contributed by atoms with Gasteiger partial charge in [0.05, 0.1) is 16.9 Å². The summed E-state index contributed by atoms with van der Waals surface area (Å²) in [5.74, 6) is 0. The summed E-state index contributed by atoms with van der Waals surface area (Å²) in [6.45, 7) is 2.35. The number of anilines is 2. The van der Waals surface area contributed by atoms with Gasteiger partial charge in [-0.25, -0.2) is 0 Å². The molecule has 4 rings (SSSR count). The number of alkyl halides is 3. The Hall–Kier alpha value is -2.44. The monoisotopic (exact) mass is 428 g/mol. The van der Waals surface area contributed by atoms with Crippen LogP contribution in [0.2, 0.25) is 0 Å². The van der Waals surface area contributed by atoms with E-state index in [1.165, 1.54) is 29.5 Å². The summed E-state index contributed by atoms with van der Waals surface area (Å²) >= 11 is 1.53. The third kappa shape index (κ3) is 4.82. The Bertz CT molecular complexity index is 989. The number of hydrogen-bond donors (Lipinski definition) is 1. The second-order valence-corrected chi connectivity index (χ2v) is 8.32. The minimum Gasteiger partial charge on any atom is -0.340 e. The molecule has 0 spiro atoms. The van der Waals surface area contributed by atoms with Crippen LogP contribution in [0, 0.1) is 0 Å². The van der Waals surface area contributed by atoms with Gasteiger partial charge in [0.2, 0.25) is 0 Å². The smallest absolute Gasteiger partial charge is 0.340 e. The number of nitrogens with one attached hydrogen (secondary N) is 1. The van der Waals surface area contributed by atoms with Crippen molar-refractivity contribution in [1.82, 2.24) is 5.32 Å². The molecule has 0 amide bonds. The maximum atomic E-state index is 13.3. The SMILES string of the molecule is FC(F)(F)c1ccc2c(c1)N(CCCNCCc1ccccc1)c1ccccc1S2. The topological polar surface area (TPSA) is 15.3 Å². The Labute approximate surface area is 179 Å². The minimum atomic E-state index is -4.35. The van der Waals surface area contributed by atoms with Crippen LogP contribution in [-0.4, -0.2) is 19.6 Å². The van der Waals surface area contributed by atoms with Crippen molar-refractivity contribution < 1.29 is 13.2 Å². The third-order valence-electron chi connectivity index (χ3n) is 5.12. The first-order chi connectivity index (χ1) is 14.5. The fourth-order valence-electron chi connectivity index (χ4n) is 3.61. The van der Waals surface area contributed by atoms with E-state index in [1.54, 1.807) is 6.07 Å². The molecule has 0 aliphatic carbocycles. The van der Waals surface area contributed by atoms with E-state index < -0.39 is 11.7 Å². The summed E-state index contributed by atoms with van der Waals surface area (Å²) in [6.07, 6.45) is -2.55. The zero-order chi connectivity index (χ0) is 21.0. The van der Waals surface area contributed by atoms with Crippen LogP contribution in [0.4, 0.5) is 24.5 Å². The molecule has 1 aliphatic rings. The van der Waals surface area contributed by atoms with E-state index in [-0.39, 0.29) is 0 Å². The average molecular weight is 429 g/mol. The van der Waals surface area contributed by atoms with Crippen molar-refractivity contribution in [2.75, 3.05) is 24.5 Å². The summed E-state index contributed by atoms with van der Waals surface area (Å²) in [7, 11) is 0. The van der Waals surface area contributed by atoms with Gasteiger partial charge in [-0.3, -0.25) is 0 Å². The van der Waals surface area contributed by atoms with Crippen molar-refractivity contribution in [2.45, 2.75) is 28.8 Å². The summed E-state index contributed by atoms with van der Waals surface area (Å²) < 4.78 is 39.8. The second kappa shape index (κ2) is 9.14. The molecule has 1 N–H and O–H groups in total. The van der Waals surface area contributed by atoms with E-state index in [0.717, 1.165) is 41.4 Å². The molecule has 3 aromatic rings. The molecular weight excluding hydrogens is 405 g/mol. The van der Waals surface area contributed by atoms with E-state index in [1.807, 2.05) is 47.4 Å². The Morgan fingerprint density at radius 2 is 1.53 bits per heavy atom. The molecule has 6 heteroatoms. The van der Waals surface area contributed by atoms with Gasteiger partial charge in [-0.2, -0.15) is 13.2 Å². The molecule has 0 aromatic heterocycles. The Kier molecular flexibility index (Phi) is 6.35. The molecule has 0 fully saturated rings. The second-order valence-electron chi connectivity index (χ2n) is 7.24. The number of para-hydroxylation sites is 1. The Balaban J connectivity index is 1.43. The Morgan fingerprint density at radius 1 is 0.800 bits per heavy atom. The first kappa shape index (κ1) is 20.8. The van der Waals surface area contributed by atoms with Crippen LogP contribution in [0.15, 0.2) is 82.6 Å². The third-order valence-corrected chi connectivity index (χ3v) is 6.25.